The topological polar surface area (TPSA) is 111 Å². The van der Waals surface area contributed by atoms with Gasteiger partial charge in [-0.05, 0) is 19.1 Å². The molecule has 1 saturated heterocycles. The van der Waals surface area contributed by atoms with Gasteiger partial charge in [-0.2, -0.15) is 0 Å². The molecule has 1 aliphatic rings. The third-order valence-corrected chi connectivity index (χ3v) is 5.52. The molecule has 0 atom stereocenters. The van der Waals surface area contributed by atoms with Gasteiger partial charge in [0.2, 0.25) is 5.91 Å². The van der Waals surface area contributed by atoms with Gasteiger partial charge < -0.3 is 25.0 Å². The highest BCUT2D eigenvalue weighted by Gasteiger charge is 2.23. The minimum Gasteiger partial charge on any atom is -0.495 e. The number of aromatic nitrogens is 2. The summed E-state index contributed by atoms with van der Waals surface area (Å²) in [6.45, 7) is 4.67. The zero-order valence-electron chi connectivity index (χ0n) is 17.0. The number of anilines is 2. The number of rotatable bonds is 7. The van der Waals surface area contributed by atoms with Gasteiger partial charge in [0, 0.05) is 32.4 Å². The number of para-hydroxylation sites is 2. The Labute approximate surface area is 179 Å². The summed E-state index contributed by atoms with van der Waals surface area (Å²) < 4.78 is 10.3. The number of methoxy groups -OCH3 is 1. The number of hydrogen-bond donors (Lipinski definition) is 1. The van der Waals surface area contributed by atoms with Crippen LogP contribution in [0.15, 0.2) is 35.6 Å². The van der Waals surface area contributed by atoms with E-state index in [9.17, 15) is 9.59 Å². The minimum atomic E-state index is -0.560. The molecule has 1 fully saturated rings. The van der Waals surface area contributed by atoms with Crippen LogP contribution in [0.5, 0.6) is 5.75 Å². The second-order valence-corrected chi connectivity index (χ2v) is 7.44. The molecule has 2 aromatic rings. The van der Waals surface area contributed by atoms with Gasteiger partial charge in [0.05, 0.1) is 25.2 Å². The molecular formula is C20H25N5O4S. The number of nitrogen functional groups attached to an aromatic ring is 1. The van der Waals surface area contributed by atoms with Gasteiger partial charge in [-0.25, -0.2) is 14.8 Å². The van der Waals surface area contributed by atoms with Crippen LogP contribution < -0.4 is 15.4 Å². The molecule has 1 aromatic carbocycles. The van der Waals surface area contributed by atoms with E-state index in [1.54, 1.807) is 14.0 Å². The maximum Gasteiger partial charge on any atom is 0.343 e. The molecule has 1 aromatic heterocycles. The zero-order valence-corrected chi connectivity index (χ0v) is 17.9. The number of piperazine rings is 1. The third-order valence-electron chi connectivity index (χ3n) is 4.67. The highest BCUT2D eigenvalue weighted by Crippen LogP contribution is 2.28. The molecule has 2 heterocycles. The van der Waals surface area contributed by atoms with E-state index in [-0.39, 0.29) is 29.6 Å². The summed E-state index contributed by atoms with van der Waals surface area (Å²) in [6, 6.07) is 7.87. The molecule has 1 aliphatic heterocycles. The van der Waals surface area contributed by atoms with Crippen LogP contribution in [-0.2, 0) is 9.53 Å². The van der Waals surface area contributed by atoms with Crippen molar-refractivity contribution in [1.29, 1.82) is 0 Å². The van der Waals surface area contributed by atoms with Crippen molar-refractivity contribution in [2.75, 3.05) is 56.3 Å². The Morgan fingerprint density at radius 2 is 1.93 bits per heavy atom. The van der Waals surface area contributed by atoms with E-state index in [2.05, 4.69) is 14.9 Å². The Morgan fingerprint density at radius 1 is 1.20 bits per heavy atom. The Balaban J connectivity index is 1.52. The van der Waals surface area contributed by atoms with Crippen molar-refractivity contribution in [3.63, 3.8) is 0 Å². The molecule has 0 saturated carbocycles. The van der Waals surface area contributed by atoms with Crippen molar-refractivity contribution in [2.24, 2.45) is 0 Å². The molecule has 0 bridgehead atoms. The lowest BCUT2D eigenvalue weighted by Crippen LogP contribution is -2.49. The molecule has 9 nitrogen and oxygen atoms in total. The Hall–Kier alpha value is -3.01. The number of ether oxygens (including phenoxy) is 2. The second kappa shape index (κ2) is 10.1. The van der Waals surface area contributed by atoms with Gasteiger partial charge in [-0.3, -0.25) is 4.79 Å². The van der Waals surface area contributed by atoms with E-state index in [4.69, 9.17) is 15.2 Å². The number of benzene rings is 1. The quantitative estimate of drug-likeness (QED) is 0.398. The first-order valence-corrected chi connectivity index (χ1v) is 10.6. The summed E-state index contributed by atoms with van der Waals surface area (Å²) in [7, 11) is 1.66. The predicted molar refractivity (Wildman–Crippen MR) is 115 cm³/mol. The average molecular weight is 432 g/mol. The van der Waals surface area contributed by atoms with Crippen molar-refractivity contribution in [2.45, 2.75) is 12.1 Å². The van der Waals surface area contributed by atoms with Gasteiger partial charge in [0.25, 0.3) is 0 Å². The summed E-state index contributed by atoms with van der Waals surface area (Å²) in [5, 5.41) is 0.349. The van der Waals surface area contributed by atoms with E-state index in [0.717, 1.165) is 24.5 Å². The molecule has 1 amide bonds. The SMILES string of the molecule is CCOC(=O)c1cnc(SCC(=O)N2CCN(c3ccccc3OC)CC2)nc1N. The zero-order chi connectivity index (χ0) is 21.5. The van der Waals surface area contributed by atoms with Crippen molar-refractivity contribution in [3.8, 4) is 5.75 Å². The van der Waals surface area contributed by atoms with Crippen molar-refractivity contribution in [3.05, 3.63) is 36.0 Å². The van der Waals surface area contributed by atoms with E-state index in [1.807, 2.05) is 29.2 Å². The lowest BCUT2D eigenvalue weighted by molar-refractivity contribution is -0.128. The van der Waals surface area contributed by atoms with Crippen molar-refractivity contribution < 1.29 is 19.1 Å². The molecule has 0 aliphatic carbocycles. The van der Waals surface area contributed by atoms with Crippen LogP contribution in [0, 0.1) is 0 Å². The smallest absolute Gasteiger partial charge is 0.343 e. The molecule has 0 unspecified atom stereocenters. The van der Waals surface area contributed by atoms with Crippen LogP contribution in [0.1, 0.15) is 17.3 Å². The predicted octanol–water partition coefficient (Wildman–Crippen LogP) is 1.69. The number of amides is 1. The minimum absolute atomic E-state index is 0.0105. The van der Waals surface area contributed by atoms with Crippen LogP contribution in [0.4, 0.5) is 11.5 Å². The second-order valence-electron chi connectivity index (χ2n) is 6.50. The maximum atomic E-state index is 12.6. The summed E-state index contributed by atoms with van der Waals surface area (Å²) in [4.78, 5) is 36.6. The molecule has 0 spiro atoms. The number of thioether (sulfide) groups is 1. The standard InChI is InChI=1S/C20H25N5O4S/c1-3-29-19(27)14-12-22-20(23-18(14)21)30-13-17(26)25-10-8-24(9-11-25)15-6-4-5-7-16(15)28-2/h4-7,12H,3,8-11,13H2,1-2H3,(H2,21,22,23). The van der Waals surface area contributed by atoms with E-state index in [0.29, 0.717) is 18.2 Å². The fourth-order valence-corrected chi connectivity index (χ4v) is 3.84. The van der Waals surface area contributed by atoms with Gasteiger partial charge in [-0.15, -0.1) is 0 Å². The number of nitrogens with two attached hydrogens (primary N) is 1. The molecule has 2 N–H and O–H groups in total. The molecule has 160 valence electrons. The van der Waals surface area contributed by atoms with Gasteiger partial charge in [0.15, 0.2) is 5.16 Å². The average Bonchev–Trinajstić information content (AvgIpc) is 2.77. The van der Waals surface area contributed by atoms with Crippen molar-refractivity contribution in [1.82, 2.24) is 14.9 Å². The summed E-state index contributed by atoms with van der Waals surface area (Å²) >= 11 is 1.19. The van der Waals surface area contributed by atoms with E-state index < -0.39 is 5.97 Å². The number of hydrogen-bond acceptors (Lipinski definition) is 9. The molecule has 0 radical (unpaired) electrons. The summed E-state index contributed by atoms with van der Waals surface area (Å²) in [5.41, 5.74) is 6.98. The van der Waals surface area contributed by atoms with Crippen LogP contribution in [0.25, 0.3) is 0 Å². The first kappa shape index (κ1) is 21.7. The first-order chi connectivity index (χ1) is 14.5. The normalized spacial score (nSPS) is 13.8. The maximum absolute atomic E-state index is 12.6. The fraction of sp³-hybridized carbons (Fsp3) is 0.400. The van der Waals surface area contributed by atoms with Crippen LogP contribution in [0.3, 0.4) is 0 Å². The monoisotopic (exact) mass is 431 g/mol. The highest BCUT2D eigenvalue weighted by atomic mass is 32.2. The lowest BCUT2D eigenvalue weighted by atomic mass is 10.2. The van der Waals surface area contributed by atoms with Gasteiger partial charge in [0.1, 0.15) is 17.1 Å². The van der Waals surface area contributed by atoms with E-state index >= 15 is 0 Å². The van der Waals surface area contributed by atoms with Crippen LogP contribution in [0.2, 0.25) is 0 Å². The molecule has 10 heteroatoms. The Kier molecular flexibility index (Phi) is 7.34. The first-order valence-electron chi connectivity index (χ1n) is 9.61. The third kappa shape index (κ3) is 5.12. The van der Waals surface area contributed by atoms with Crippen LogP contribution >= 0.6 is 11.8 Å². The van der Waals surface area contributed by atoms with E-state index in [1.165, 1.54) is 18.0 Å². The van der Waals surface area contributed by atoms with Crippen molar-refractivity contribution >= 4 is 35.1 Å². The number of nitrogens with zero attached hydrogens (tertiary/aromatic N) is 4. The molecule has 30 heavy (non-hydrogen) atoms. The Bertz CT molecular complexity index is 903. The fourth-order valence-electron chi connectivity index (χ4n) is 3.12. The Morgan fingerprint density at radius 3 is 2.60 bits per heavy atom. The lowest BCUT2D eigenvalue weighted by Gasteiger charge is -2.36. The largest absolute Gasteiger partial charge is 0.495 e. The highest BCUT2D eigenvalue weighted by molar-refractivity contribution is 7.99. The molecule has 3 rings (SSSR count). The number of carbonyl (C=O) groups is 2. The van der Waals surface area contributed by atoms with Gasteiger partial charge in [-0.1, -0.05) is 23.9 Å². The van der Waals surface area contributed by atoms with Gasteiger partial charge >= 0.3 is 5.97 Å². The number of esters is 1. The summed E-state index contributed by atoms with van der Waals surface area (Å²) in [6.07, 6.45) is 1.33. The number of carbonyl (C=O) groups excluding carboxylic acids is 2. The van der Waals surface area contributed by atoms with Crippen LogP contribution in [-0.4, -0.2) is 72.4 Å². The molecular weight excluding hydrogens is 406 g/mol. The summed E-state index contributed by atoms with van der Waals surface area (Å²) in [5.74, 6) is 0.525.